The first-order valence-electron chi connectivity index (χ1n) is 12.7. The van der Waals surface area contributed by atoms with Gasteiger partial charge in [0.1, 0.15) is 18.3 Å². The number of carbonyl (C=O) groups excluding carboxylic acids is 2. The van der Waals surface area contributed by atoms with Gasteiger partial charge in [-0.05, 0) is 86.5 Å². The maximum atomic E-state index is 13.9. The number of halogens is 2. The van der Waals surface area contributed by atoms with Crippen LogP contribution in [0.1, 0.15) is 32.8 Å². The molecule has 8 nitrogen and oxygen atoms in total. The predicted octanol–water partition coefficient (Wildman–Crippen LogP) is 5.64. The Bertz CT molecular complexity index is 1400. The number of anilines is 1. The van der Waals surface area contributed by atoms with Gasteiger partial charge in [0.25, 0.3) is 10.0 Å². The first-order valence-corrected chi connectivity index (χ1v) is 15.3. The van der Waals surface area contributed by atoms with E-state index in [9.17, 15) is 18.0 Å². The highest BCUT2D eigenvalue weighted by atomic mass is 79.9. The molecule has 0 spiro atoms. The van der Waals surface area contributed by atoms with E-state index in [1.807, 2.05) is 38.1 Å². The third-order valence-electron chi connectivity index (χ3n) is 6.48. The van der Waals surface area contributed by atoms with Crippen LogP contribution < -0.4 is 14.4 Å². The SMILES string of the molecule is CC[C@H](C)NC(=O)[C@@H](C)N(Cc1ccc(Br)cc1)C(=O)CN(c1ccc(Cl)cc1)S(=O)(=O)c1ccc(OC)cc1. The summed E-state index contributed by atoms with van der Waals surface area (Å²) in [4.78, 5) is 28.4. The molecule has 3 aromatic carbocycles. The second-order valence-corrected chi connectivity index (χ2v) is 12.5. The number of amides is 2. The van der Waals surface area contributed by atoms with E-state index in [4.69, 9.17) is 16.3 Å². The molecule has 0 bridgehead atoms. The molecule has 0 fully saturated rings. The second-order valence-electron chi connectivity index (χ2n) is 9.31. The summed E-state index contributed by atoms with van der Waals surface area (Å²) in [6.45, 7) is 5.05. The summed E-state index contributed by atoms with van der Waals surface area (Å²) < 4.78 is 34.8. The summed E-state index contributed by atoms with van der Waals surface area (Å²) in [6.07, 6.45) is 0.726. The van der Waals surface area contributed by atoms with Gasteiger partial charge in [0.15, 0.2) is 0 Å². The van der Waals surface area contributed by atoms with Crippen LogP contribution in [0.25, 0.3) is 0 Å². The van der Waals surface area contributed by atoms with Gasteiger partial charge in [-0.15, -0.1) is 0 Å². The van der Waals surface area contributed by atoms with E-state index in [0.717, 1.165) is 20.8 Å². The highest BCUT2D eigenvalue weighted by Gasteiger charge is 2.32. The smallest absolute Gasteiger partial charge is 0.264 e. The van der Waals surface area contributed by atoms with Crippen molar-refractivity contribution in [2.75, 3.05) is 18.0 Å². The number of nitrogens with one attached hydrogen (secondary N) is 1. The van der Waals surface area contributed by atoms with Crippen LogP contribution in [0.3, 0.4) is 0 Å². The lowest BCUT2D eigenvalue weighted by atomic mass is 10.1. The number of ether oxygens (including phenoxy) is 1. The molecule has 2 amide bonds. The summed E-state index contributed by atoms with van der Waals surface area (Å²) in [5.41, 5.74) is 1.05. The molecule has 2 atom stereocenters. The van der Waals surface area contributed by atoms with Crippen LogP contribution >= 0.6 is 27.5 Å². The van der Waals surface area contributed by atoms with E-state index in [-0.39, 0.29) is 29.1 Å². The molecule has 40 heavy (non-hydrogen) atoms. The van der Waals surface area contributed by atoms with Crippen LogP contribution in [0.5, 0.6) is 5.75 Å². The fourth-order valence-electron chi connectivity index (χ4n) is 3.85. The minimum absolute atomic E-state index is 0.0157. The molecule has 3 rings (SSSR count). The number of carbonyl (C=O) groups is 2. The van der Waals surface area contributed by atoms with Gasteiger partial charge in [0, 0.05) is 22.1 Å². The monoisotopic (exact) mass is 649 g/mol. The maximum Gasteiger partial charge on any atom is 0.264 e. The topological polar surface area (TPSA) is 96.0 Å². The number of benzene rings is 3. The average molecular weight is 651 g/mol. The Labute approximate surface area is 249 Å². The third kappa shape index (κ3) is 7.99. The normalized spacial score (nSPS) is 12.8. The summed E-state index contributed by atoms with van der Waals surface area (Å²) in [5, 5.41) is 3.34. The van der Waals surface area contributed by atoms with Crippen molar-refractivity contribution in [3.05, 3.63) is 87.9 Å². The highest BCUT2D eigenvalue weighted by Crippen LogP contribution is 2.27. The number of hydrogen-bond acceptors (Lipinski definition) is 5. The van der Waals surface area contributed by atoms with Crippen molar-refractivity contribution in [3.8, 4) is 5.75 Å². The van der Waals surface area contributed by atoms with Crippen LogP contribution in [-0.4, -0.2) is 50.9 Å². The maximum absolute atomic E-state index is 13.9. The van der Waals surface area contributed by atoms with Gasteiger partial charge in [-0.25, -0.2) is 8.42 Å². The lowest BCUT2D eigenvalue weighted by Crippen LogP contribution is -2.52. The Balaban J connectivity index is 2.01. The molecular weight excluding hydrogens is 618 g/mol. The number of hydrogen-bond donors (Lipinski definition) is 1. The molecule has 0 aliphatic heterocycles. The molecule has 0 heterocycles. The molecule has 3 aromatic rings. The van der Waals surface area contributed by atoms with Crippen molar-refractivity contribution in [3.63, 3.8) is 0 Å². The fourth-order valence-corrected chi connectivity index (χ4v) is 5.65. The fraction of sp³-hybridized carbons (Fsp3) is 0.310. The van der Waals surface area contributed by atoms with Gasteiger partial charge >= 0.3 is 0 Å². The van der Waals surface area contributed by atoms with Gasteiger partial charge in [-0.3, -0.25) is 13.9 Å². The van der Waals surface area contributed by atoms with Gasteiger partial charge in [-0.2, -0.15) is 0 Å². The molecule has 11 heteroatoms. The molecule has 0 aliphatic carbocycles. The van der Waals surface area contributed by atoms with Gasteiger partial charge in [0.2, 0.25) is 11.8 Å². The minimum atomic E-state index is -4.19. The van der Waals surface area contributed by atoms with Crippen molar-refractivity contribution >= 4 is 55.1 Å². The van der Waals surface area contributed by atoms with E-state index in [1.165, 1.54) is 48.4 Å². The zero-order chi connectivity index (χ0) is 29.4. The summed E-state index contributed by atoms with van der Waals surface area (Å²) >= 11 is 9.47. The lowest BCUT2D eigenvalue weighted by Gasteiger charge is -2.32. The van der Waals surface area contributed by atoms with Crippen LogP contribution in [0, 0.1) is 0 Å². The first kappa shape index (κ1) is 31.4. The van der Waals surface area contributed by atoms with E-state index in [0.29, 0.717) is 10.8 Å². The van der Waals surface area contributed by atoms with E-state index >= 15 is 0 Å². The minimum Gasteiger partial charge on any atom is -0.497 e. The van der Waals surface area contributed by atoms with Crippen molar-refractivity contribution in [1.29, 1.82) is 0 Å². The van der Waals surface area contributed by atoms with Crippen molar-refractivity contribution in [1.82, 2.24) is 10.2 Å². The van der Waals surface area contributed by atoms with Gasteiger partial charge in [-0.1, -0.05) is 46.6 Å². The molecule has 0 saturated heterocycles. The standard InChI is InChI=1S/C29H33BrClN3O5S/c1-5-20(2)32-29(36)21(3)33(18-22-6-8-23(30)9-7-22)28(35)19-34(25-12-10-24(31)11-13-25)40(37,38)27-16-14-26(39-4)15-17-27/h6-17,20-21H,5,18-19H2,1-4H3,(H,32,36)/t20-,21+/m0/s1. The van der Waals surface area contributed by atoms with Crippen LogP contribution in [0.4, 0.5) is 5.69 Å². The number of rotatable bonds is 12. The summed E-state index contributed by atoms with van der Waals surface area (Å²) in [6, 6.07) is 18.5. The average Bonchev–Trinajstić information content (AvgIpc) is 2.95. The van der Waals surface area contributed by atoms with E-state index in [1.54, 1.807) is 19.1 Å². The van der Waals surface area contributed by atoms with E-state index in [2.05, 4.69) is 21.2 Å². The third-order valence-corrected chi connectivity index (χ3v) is 9.04. The number of methoxy groups -OCH3 is 1. The Morgan fingerprint density at radius 1 is 0.975 bits per heavy atom. The number of sulfonamides is 1. The highest BCUT2D eigenvalue weighted by molar-refractivity contribution is 9.10. The Hall–Kier alpha value is -3.08. The Kier molecular flexibility index (Phi) is 11.0. The van der Waals surface area contributed by atoms with Crippen molar-refractivity contribution in [2.24, 2.45) is 0 Å². The first-order chi connectivity index (χ1) is 19.0. The van der Waals surface area contributed by atoms with Gasteiger partial charge in [0.05, 0.1) is 17.7 Å². The Morgan fingerprint density at radius 2 is 1.57 bits per heavy atom. The quantitative estimate of drug-likeness (QED) is 0.274. The van der Waals surface area contributed by atoms with Crippen LogP contribution in [0.2, 0.25) is 5.02 Å². The zero-order valence-corrected chi connectivity index (χ0v) is 26.0. The van der Waals surface area contributed by atoms with Crippen molar-refractivity contribution in [2.45, 2.75) is 50.7 Å². The van der Waals surface area contributed by atoms with Crippen LogP contribution in [-0.2, 0) is 26.2 Å². The van der Waals surface area contributed by atoms with Crippen LogP contribution in [0.15, 0.2) is 82.2 Å². The summed E-state index contributed by atoms with van der Waals surface area (Å²) in [5.74, 6) is -0.368. The van der Waals surface area contributed by atoms with E-state index < -0.39 is 28.5 Å². The molecule has 0 radical (unpaired) electrons. The largest absolute Gasteiger partial charge is 0.497 e. The molecule has 1 N–H and O–H groups in total. The molecule has 0 saturated carbocycles. The summed E-state index contributed by atoms with van der Waals surface area (Å²) in [7, 11) is -2.70. The second kappa shape index (κ2) is 14.0. The molecule has 0 aromatic heterocycles. The molecule has 0 unspecified atom stereocenters. The van der Waals surface area contributed by atoms with Crippen molar-refractivity contribution < 1.29 is 22.7 Å². The zero-order valence-electron chi connectivity index (χ0n) is 22.8. The predicted molar refractivity (Wildman–Crippen MR) is 161 cm³/mol. The molecule has 0 aliphatic rings. The number of nitrogens with zero attached hydrogens (tertiary/aromatic N) is 2. The Morgan fingerprint density at radius 3 is 2.12 bits per heavy atom. The molecule has 214 valence electrons. The molecular formula is C29H33BrClN3O5S. The van der Waals surface area contributed by atoms with Gasteiger partial charge < -0.3 is 15.0 Å². The lowest BCUT2D eigenvalue weighted by molar-refractivity contribution is -0.139.